The summed E-state index contributed by atoms with van der Waals surface area (Å²) in [6.45, 7) is 3.13. The second kappa shape index (κ2) is 8.02. The van der Waals surface area contributed by atoms with E-state index in [0.29, 0.717) is 19.1 Å². The van der Waals surface area contributed by atoms with Crippen LogP contribution in [-0.4, -0.2) is 67.4 Å². The zero-order valence-electron chi connectivity index (χ0n) is 10.8. The molecule has 1 aromatic rings. The highest BCUT2D eigenvalue weighted by Gasteiger charge is 2.04. The molecule has 0 aliphatic carbocycles. The number of hydrogen-bond donors (Lipinski definition) is 1. The van der Waals surface area contributed by atoms with Gasteiger partial charge in [-0.15, -0.1) is 0 Å². The van der Waals surface area contributed by atoms with Crippen LogP contribution in [0.2, 0.25) is 5.28 Å². The van der Waals surface area contributed by atoms with Crippen molar-refractivity contribution in [3.63, 3.8) is 0 Å². The van der Waals surface area contributed by atoms with Gasteiger partial charge in [0.25, 0.3) is 0 Å². The molecule has 18 heavy (non-hydrogen) atoms. The Morgan fingerprint density at radius 2 is 2.00 bits per heavy atom. The van der Waals surface area contributed by atoms with E-state index in [1.165, 1.54) is 7.11 Å². The largest absolute Gasteiger partial charge is 0.467 e. The lowest BCUT2D eigenvalue weighted by Gasteiger charge is -2.16. The number of nitrogens with zero attached hydrogens (tertiary/aromatic N) is 4. The van der Waals surface area contributed by atoms with Gasteiger partial charge in [0.05, 0.1) is 13.7 Å². The molecule has 0 unspecified atom stereocenters. The summed E-state index contributed by atoms with van der Waals surface area (Å²) in [5.74, 6) is 0.409. The van der Waals surface area contributed by atoms with Crippen LogP contribution >= 0.6 is 11.6 Å². The van der Waals surface area contributed by atoms with Crippen LogP contribution < -0.4 is 10.1 Å². The molecule has 0 saturated heterocycles. The second-order valence-corrected chi connectivity index (χ2v) is 3.98. The first kappa shape index (κ1) is 14.9. The molecule has 1 rings (SSSR count). The van der Waals surface area contributed by atoms with E-state index in [1.54, 1.807) is 7.11 Å². The van der Waals surface area contributed by atoms with Crippen LogP contribution in [0.15, 0.2) is 0 Å². The molecule has 1 N–H and O–H groups in total. The van der Waals surface area contributed by atoms with E-state index in [0.717, 1.165) is 13.1 Å². The molecule has 7 nitrogen and oxygen atoms in total. The lowest BCUT2D eigenvalue weighted by atomic mass is 10.5. The molecule has 0 fully saturated rings. The summed E-state index contributed by atoms with van der Waals surface area (Å²) in [5, 5.41) is 3.17. The summed E-state index contributed by atoms with van der Waals surface area (Å²) in [7, 11) is 5.18. The molecule has 0 spiro atoms. The summed E-state index contributed by atoms with van der Waals surface area (Å²) in [6.07, 6.45) is 0. The summed E-state index contributed by atoms with van der Waals surface area (Å²) in [4.78, 5) is 13.9. The summed E-state index contributed by atoms with van der Waals surface area (Å²) in [6, 6.07) is 0.199. The molecular formula is C10H18ClN5O2. The number of halogens is 1. The number of likely N-dealkylation sites (N-methyl/N-ethyl adjacent to an activating group) is 1. The number of nitrogens with one attached hydrogen (secondary N) is 1. The van der Waals surface area contributed by atoms with Crippen molar-refractivity contribution < 1.29 is 9.47 Å². The predicted octanol–water partition coefficient (Wildman–Crippen LogP) is 0.524. The third kappa shape index (κ3) is 5.44. The van der Waals surface area contributed by atoms with Gasteiger partial charge in [0.1, 0.15) is 0 Å². The Labute approximate surface area is 111 Å². The first-order valence-corrected chi connectivity index (χ1v) is 5.90. The topological polar surface area (TPSA) is 72.4 Å². The van der Waals surface area contributed by atoms with Gasteiger partial charge >= 0.3 is 6.01 Å². The van der Waals surface area contributed by atoms with Crippen LogP contribution in [0.3, 0.4) is 0 Å². The van der Waals surface area contributed by atoms with E-state index in [2.05, 4.69) is 25.2 Å². The molecule has 0 bridgehead atoms. The van der Waals surface area contributed by atoms with E-state index in [-0.39, 0.29) is 11.3 Å². The van der Waals surface area contributed by atoms with Crippen LogP contribution in [-0.2, 0) is 4.74 Å². The highest BCUT2D eigenvalue weighted by atomic mass is 35.5. The predicted molar refractivity (Wildman–Crippen MR) is 69.3 cm³/mol. The zero-order valence-corrected chi connectivity index (χ0v) is 11.6. The highest BCUT2D eigenvalue weighted by Crippen LogP contribution is 2.10. The Hall–Kier alpha value is -1.18. The molecule has 1 heterocycles. The number of rotatable bonds is 8. The average molecular weight is 276 g/mol. The third-order valence-corrected chi connectivity index (χ3v) is 2.39. The number of hydrogen-bond acceptors (Lipinski definition) is 7. The standard InChI is InChI=1S/C10H18ClN5O2/c1-16(6-7-17-2)5-4-12-9-13-8(11)14-10(15-9)18-3/h4-7H2,1-3H3,(H,12,13,14,15). The lowest BCUT2D eigenvalue weighted by Crippen LogP contribution is -2.28. The molecular weight excluding hydrogens is 258 g/mol. The van der Waals surface area contributed by atoms with Crippen molar-refractivity contribution in [2.45, 2.75) is 0 Å². The van der Waals surface area contributed by atoms with E-state index in [9.17, 15) is 0 Å². The van der Waals surface area contributed by atoms with Gasteiger partial charge in [-0.3, -0.25) is 0 Å². The fourth-order valence-corrected chi connectivity index (χ4v) is 1.37. The van der Waals surface area contributed by atoms with Gasteiger partial charge in [-0.2, -0.15) is 15.0 Å². The Kier molecular flexibility index (Phi) is 6.63. The molecule has 102 valence electrons. The first-order valence-electron chi connectivity index (χ1n) is 5.52. The Morgan fingerprint density at radius 3 is 2.67 bits per heavy atom. The second-order valence-electron chi connectivity index (χ2n) is 3.64. The van der Waals surface area contributed by atoms with Crippen molar-refractivity contribution in [1.82, 2.24) is 19.9 Å². The van der Waals surface area contributed by atoms with E-state index in [4.69, 9.17) is 21.1 Å². The van der Waals surface area contributed by atoms with Gasteiger partial charge in [-0.1, -0.05) is 0 Å². The zero-order chi connectivity index (χ0) is 13.4. The van der Waals surface area contributed by atoms with Gasteiger partial charge < -0.3 is 19.7 Å². The minimum atomic E-state index is 0.108. The van der Waals surface area contributed by atoms with Crippen LogP contribution in [0, 0.1) is 0 Å². The van der Waals surface area contributed by atoms with Crippen LogP contribution in [0.4, 0.5) is 5.95 Å². The quantitative estimate of drug-likeness (QED) is 0.742. The fourth-order valence-electron chi connectivity index (χ4n) is 1.22. The minimum absolute atomic E-state index is 0.108. The molecule has 0 amide bonds. The van der Waals surface area contributed by atoms with Crippen LogP contribution in [0.1, 0.15) is 0 Å². The van der Waals surface area contributed by atoms with Gasteiger partial charge in [-0.25, -0.2) is 0 Å². The number of anilines is 1. The number of methoxy groups -OCH3 is 2. The number of aromatic nitrogens is 3. The number of ether oxygens (including phenoxy) is 2. The van der Waals surface area contributed by atoms with Crippen molar-refractivity contribution in [2.24, 2.45) is 0 Å². The van der Waals surface area contributed by atoms with Crippen molar-refractivity contribution in [3.05, 3.63) is 5.28 Å². The van der Waals surface area contributed by atoms with E-state index < -0.39 is 0 Å². The average Bonchev–Trinajstić information content (AvgIpc) is 2.35. The Bertz CT molecular complexity index is 366. The van der Waals surface area contributed by atoms with Crippen LogP contribution in [0.5, 0.6) is 6.01 Å². The summed E-state index contributed by atoms with van der Waals surface area (Å²) >= 11 is 5.73. The van der Waals surface area contributed by atoms with Crippen molar-refractivity contribution in [2.75, 3.05) is 52.8 Å². The summed E-state index contributed by atoms with van der Waals surface area (Å²) < 4.78 is 9.90. The monoisotopic (exact) mass is 275 g/mol. The van der Waals surface area contributed by atoms with Gasteiger partial charge in [-0.05, 0) is 18.6 Å². The van der Waals surface area contributed by atoms with Crippen molar-refractivity contribution >= 4 is 17.5 Å². The maximum atomic E-state index is 5.73. The fraction of sp³-hybridized carbons (Fsp3) is 0.700. The Morgan fingerprint density at radius 1 is 1.22 bits per heavy atom. The van der Waals surface area contributed by atoms with Gasteiger partial charge in [0.15, 0.2) is 0 Å². The Balaban J connectivity index is 2.36. The van der Waals surface area contributed by atoms with Crippen molar-refractivity contribution in [3.8, 4) is 6.01 Å². The smallest absolute Gasteiger partial charge is 0.322 e. The maximum absolute atomic E-state index is 5.73. The normalized spacial score (nSPS) is 10.7. The molecule has 8 heteroatoms. The third-order valence-electron chi connectivity index (χ3n) is 2.22. The molecule has 0 aliphatic rings. The molecule has 0 radical (unpaired) electrons. The van der Waals surface area contributed by atoms with Crippen molar-refractivity contribution in [1.29, 1.82) is 0 Å². The first-order chi connectivity index (χ1) is 8.65. The SMILES string of the molecule is COCCN(C)CCNc1nc(Cl)nc(OC)n1. The highest BCUT2D eigenvalue weighted by molar-refractivity contribution is 6.28. The molecule has 0 aliphatic heterocycles. The molecule has 0 atom stereocenters. The van der Waals surface area contributed by atoms with E-state index in [1.807, 2.05) is 7.05 Å². The van der Waals surface area contributed by atoms with Gasteiger partial charge in [0.2, 0.25) is 11.2 Å². The molecule has 0 aromatic carbocycles. The minimum Gasteiger partial charge on any atom is -0.467 e. The van der Waals surface area contributed by atoms with Crippen LogP contribution in [0.25, 0.3) is 0 Å². The van der Waals surface area contributed by atoms with Gasteiger partial charge in [0, 0.05) is 26.7 Å². The van der Waals surface area contributed by atoms with E-state index >= 15 is 0 Å². The molecule has 1 aromatic heterocycles. The lowest BCUT2D eigenvalue weighted by molar-refractivity contribution is 0.163. The maximum Gasteiger partial charge on any atom is 0.322 e. The summed E-state index contributed by atoms with van der Waals surface area (Å²) in [5.41, 5.74) is 0. The molecule has 0 saturated carbocycles.